The summed E-state index contributed by atoms with van der Waals surface area (Å²) in [5, 5.41) is 0. The van der Waals surface area contributed by atoms with Gasteiger partial charge >= 0.3 is 5.97 Å². The summed E-state index contributed by atoms with van der Waals surface area (Å²) in [6, 6.07) is 1.84. The molecule has 30 heavy (non-hydrogen) atoms. The lowest BCUT2D eigenvalue weighted by Crippen LogP contribution is -2.55. The summed E-state index contributed by atoms with van der Waals surface area (Å²) in [6.45, 7) is 9.14. The number of anilines is 1. The lowest BCUT2D eigenvalue weighted by atomic mass is 9.53. The first-order valence-electron chi connectivity index (χ1n) is 11.6. The average molecular weight is 413 g/mol. The van der Waals surface area contributed by atoms with Crippen LogP contribution < -0.4 is 4.90 Å². The van der Waals surface area contributed by atoms with Gasteiger partial charge in [-0.25, -0.2) is 9.97 Å². The number of esters is 1. The summed E-state index contributed by atoms with van der Waals surface area (Å²) in [5.41, 5.74) is 0.148. The van der Waals surface area contributed by atoms with Crippen LogP contribution in [0.4, 0.5) is 5.95 Å². The fraction of sp³-hybridized carbons (Fsp3) is 0.783. The lowest BCUT2D eigenvalue weighted by molar-refractivity contribution is -0.146. The normalized spacial score (nSPS) is 45.3. The van der Waals surface area contributed by atoms with Gasteiger partial charge in [0, 0.05) is 56.5 Å². The van der Waals surface area contributed by atoms with Crippen LogP contribution in [0.25, 0.3) is 0 Å². The highest BCUT2D eigenvalue weighted by molar-refractivity contribution is 5.76. The van der Waals surface area contributed by atoms with Gasteiger partial charge in [0.05, 0.1) is 12.0 Å². The van der Waals surface area contributed by atoms with E-state index in [1.165, 1.54) is 19.3 Å². The molecule has 3 aliphatic heterocycles. The minimum Gasteiger partial charge on any atom is -0.462 e. The molecule has 1 spiro atoms. The largest absolute Gasteiger partial charge is 0.462 e. The van der Waals surface area contributed by atoms with Crippen LogP contribution >= 0.6 is 0 Å². The molecule has 5 fully saturated rings. The van der Waals surface area contributed by atoms with Crippen LogP contribution in [0, 0.1) is 23.2 Å². The number of carbonyl (C=O) groups is 1. The first-order chi connectivity index (χ1) is 14.5. The van der Waals surface area contributed by atoms with Crippen molar-refractivity contribution >= 4 is 11.9 Å². The van der Waals surface area contributed by atoms with E-state index >= 15 is 0 Å². The molecule has 2 aliphatic carbocycles. The molecule has 7 nitrogen and oxygen atoms in total. The monoisotopic (exact) mass is 412 g/mol. The zero-order chi connectivity index (χ0) is 20.5. The summed E-state index contributed by atoms with van der Waals surface area (Å²) < 4.78 is 12.5. The Morgan fingerprint density at radius 3 is 2.73 bits per heavy atom. The Morgan fingerprint density at radius 2 is 1.97 bits per heavy atom. The fourth-order valence-corrected chi connectivity index (χ4v) is 7.31. The molecule has 4 heterocycles. The molecule has 7 heteroatoms. The smallest absolute Gasteiger partial charge is 0.311 e. The minimum atomic E-state index is -0.0578. The Bertz CT molecular complexity index is 829. The van der Waals surface area contributed by atoms with E-state index in [9.17, 15) is 4.79 Å². The second-order valence-corrected chi connectivity index (χ2v) is 10.4. The molecule has 5 aliphatic rings. The van der Waals surface area contributed by atoms with Gasteiger partial charge in [-0.15, -0.1) is 0 Å². The third kappa shape index (κ3) is 2.60. The van der Waals surface area contributed by atoms with E-state index < -0.39 is 0 Å². The predicted octanol–water partition coefficient (Wildman–Crippen LogP) is 2.12. The van der Waals surface area contributed by atoms with E-state index in [-0.39, 0.29) is 41.0 Å². The molecule has 0 aromatic carbocycles. The quantitative estimate of drug-likeness (QED) is 0.556. The van der Waals surface area contributed by atoms with Gasteiger partial charge in [0.2, 0.25) is 5.95 Å². The first kappa shape index (κ1) is 19.0. The number of piperazine rings is 1. The number of ether oxygens (including phenoxy) is 2. The van der Waals surface area contributed by atoms with Crippen LogP contribution in [-0.2, 0) is 14.3 Å². The van der Waals surface area contributed by atoms with Crippen molar-refractivity contribution in [3.63, 3.8) is 0 Å². The highest BCUT2D eigenvalue weighted by Gasteiger charge is 2.78. The van der Waals surface area contributed by atoms with Gasteiger partial charge in [0.15, 0.2) is 0 Å². The van der Waals surface area contributed by atoms with E-state index in [4.69, 9.17) is 9.47 Å². The Balaban J connectivity index is 1.15. The van der Waals surface area contributed by atoms with Gasteiger partial charge in [-0.3, -0.25) is 9.69 Å². The number of rotatable bonds is 3. The van der Waals surface area contributed by atoms with Crippen LogP contribution in [0.5, 0.6) is 0 Å². The van der Waals surface area contributed by atoms with Gasteiger partial charge < -0.3 is 14.4 Å². The van der Waals surface area contributed by atoms with E-state index in [2.05, 4.69) is 33.6 Å². The summed E-state index contributed by atoms with van der Waals surface area (Å²) >= 11 is 0. The van der Waals surface area contributed by atoms with Gasteiger partial charge in [-0.05, 0) is 31.2 Å². The predicted molar refractivity (Wildman–Crippen MR) is 111 cm³/mol. The molecule has 0 radical (unpaired) electrons. The molecule has 0 N–H and O–H groups in total. The number of carbonyl (C=O) groups excluding carboxylic acids is 1. The van der Waals surface area contributed by atoms with Gasteiger partial charge in [0.1, 0.15) is 11.7 Å². The molecule has 1 aromatic heterocycles. The van der Waals surface area contributed by atoms with Crippen molar-refractivity contribution in [3.05, 3.63) is 18.5 Å². The highest BCUT2D eigenvalue weighted by atomic mass is 16.6. The zero-order valence-electron chi connectivity index (χ0n) is 18.0. The second kappa shape index (κ2) is 6.63. The number of hydrogen-bond acceptors (Lipinski definition) is 7. The molecule has 3 saturated heterocycles. The summed E-state index contributed by atoms with van der Waals surface area (Å²) in [4.78, 5) is 26.3. The van der Waals surface area contributed by atoms with E-state index in [1.807, 2.05) is 6.07 Å². The first-order valence-corrected chi connectivity index (χ1v) is 11.6. The molecule has 6 rings (SSSR count). The molecule has 0 amide bonds. The topological polar surface area (TPSA) is 71.1 Å². The number of aromatic nitrogens is 2. The average Bonchev–Trinajstić information content (AvgIpc) is 3.44. The van der Waals surface area contributed by atoms with Crippen molar-refractivity contribution < 1.29 is 14.3 Å². The van der Waals surface area contributed by atoms with Crippen LogP contribution in [0.1, 0.15) is 39.5 Å². The number of epoxide rings is 1. The maximum atomic E-state index is 12.9. The third-order valence-electron chi connectivity index (χ3n) is 8.86. The van der Waals surface area contributed by atoms with Crippen LogP contribution in [-0.4, -0.2) is 71.4 Å². The third-order valence-corrected chi connectivity index (χ3v) is 8.86. The molecule has 162 valence electrons. The van der Waals surface area contributed by atoms with Crippen molar-refractivity contribution in [2.45, 2.75) is 57.3 Å². The highest BCUT2D eigenvalue weighted by Crippen LogP contribution is 2.70. The second-order valence-electron chi connectivity index (χ2n) is 10.4. The maximum absolute atomic E-state index is 12.9. The van der Waals surface area contributed by atoms with Crippen LogP contribution in [0.2, 0.25) is 0 Å². The molecule has 2 saturated carbocycles. The maximum Gasteiger partial charge on any atom is 0.311 e. The van der Waals surface area contributed by atoms with Crippen molar-refractivity contribution in [2.75, 3.05) is 37.6 Å². The van der Waals surface area contributed by atoms with Crippen molar-refractivity contribution in [2.24, 2.45) is 23.2 Å². The molecule has 0 unspecified atom stereocenters. The summed E-state index contributed by atoms with van der Waals surface area (Å²) in [6.07, 6.45) is 8.49. The van der Waals surface area contributed by atoms with E-state index in [0.29, 0.717) is 5.92 Å². The Hall–Kier alpha value is -1.73. The molecule has 0 bridgehead atoms. The number of nitrogens with zero attached hydrogens (tertiary/aromatic N) is 4. The van der Waals surface area contributed by atoms with E-state index in [1.54, 1.807) is 12.4 Å². The SMILES string of the molecule is C[C@@H]1CCC[C@@]2(C)C[C@H]3OC(=O)[C@H](CN4CCN(c5ncccn5)CC4)[C@@H]3[C@H]3O[C@@]132. The van der Waals surface area contributed by atoms with E-state index in [0.717, 1.165) is 45.1 Å². The van der Waals surface area contributed by atoms with Crippen LogP contribution in [0.3, 0.4) is 0 Å². The molecule has 7 atom stereocenters. The molecular formula is C23H32N4O3. The molecular weight excluding hydrogens is 380 g/mol. The van der Waals surface area contributed by atoms with Crippen molar-refractivity contribution in [3.8, 4) is 0 Å². The van der Waals surface area contributed by atoms with Crippen molar-refractivity contribution in [1.29, 1.82) is 0 Å². The minimum absolute atomic E-state index is 0.000581. The molecule has 1 aromatic rings. The summed E-state index contributed by atoms with van der Waals surface area (Å²) in [7, 11) is 0. The van der Waals surface area contributed by atoms with Crippen LogP contribution in [0.15, 0.2) is 18.5 Å². The Kier molecular flexibility index (Phi) is 4.20. The van der Waals surface area contributed by atoms with Gasteiger partial charge in [-0.1, -0.05) is 20.3 Å². The summed E-state index contributed by atoms with van der Waals surface area (Å²) in [5.74, 6) is 1.54. The lowest BCUT2D eigenvalue weighted by Gasteiger charge is -2.49. The number of hydrogen-bond donors (Lipinski definition) is 0. The standard InChI is InChI=1S/C23H32N4O3/c1-15-5-3-6-22(2)13-17-18(19-23(15,22)30-19)16(20(28)29-17)14-26-9-11-27(12-10-26)21-24-7-4-8-25-21/h4,7-8,15-19H,3,5-6,9-14H2,1-2H3/t15-,16-,17-,18+,19-,22+,23+/m1/s1. The zero-order valence-corrected chi connectivity index (χ0v) is 18.0. The fourth-order valence-electron chi connectivity index (χ4n) is 7.31. The van der Waals surface area contributed by atoms with Gasteiger partial charge in [0.25, 0.3) is 0 Å². The number of fused-ring (bicyclic) bond motifs is 2. The van der Waals surface area contributed by atoms with Gasteiger partial charge in [-0.2, -0.15) is 0 Å². The Labute approximate surface area is 178 Å². The van der Waals surface area contributed by atoms with Crippen molar-refractivity contribution in [1.82, 2.24) is 14.9 Å². The Morgan fingerprint density at radius 1 is 1.20 bits per heavy atom.